The fourth-order valence-electron chi connectivity index (χ4n) is 2.07. The van der Waals surface area contributed by atoms with Gasteiger partial charge in [0.25, 0.3) is 0 Å². The molecule has 16 heavy (non-hydrogen) atoms. The van der Waals surface area contributed by atoms with Crippen LogP contribution in [0, 0.1) is 5.92 Å². The first-order valence-electron chi connectivity index (χ1n) is 6.35. The summed E-state index contributed by atoms with van der Waals surface area (Å²) in [5.41, 5.74) is 7.06. The molecular weight excluding hydrogens is 196 g/mol. The zero-order chi connectivity index (χ0) is 11.2. The van der Waals surface area contributed by atoms with Gasteiger partial charge < -0.3 is 5.73 Å². The van der Waals surface area contributed by atoms with Gasteiger partial charge in [-0.2, -0.15) is 0 Å². The fraction of sp³-hybridized carbons (Fsp3) is 0.571. The zero-order valence-corrected chi connectivity index (χ0v) is 9.94. The molecule has 88 valence electrons. The molecule has 0 bridgehead atoms. The van der Waals surface area contributed by atoms with Crippen LogP contribution in [0.4, 0.5) is 0 Å². The van der Waals surface area contributed by atoms with E-state index in [0.29, 0.717) is 0 Å². The van der Waals surface area contributed by atoms with Gasteiger partial charge in [0.1, 0.15) is 0 Å². The van der Waals surface area contributed by atoms with Crippen molar-refractivity contribution >= 4 is 0 Å². The highest BCUT2D eigenvalue weighted by Gasteiger charge is 2.21. The van der Waals surface area contributed by atoms with Gasteiger partial charge in [-0.3, -0.25) is 4.90 Å². The summed E-state index contributed by atoms with van der Waals surface area (Å²) in [5, 5.41) is 0. The summed E-state index contributed by atoms with van der Waals surface area (Å²) in [6, 6.07) is 10.7. The van der Waals surface area contributed by atoms with Crippen LogP contribution in [0.5, 0.6) is 0 Å². The number of nitrogens with zero attached hydrogens (tertiary/aromatic N) is 1. The molecule has 1 fully saturated rings. The Morgan fingerprint density at radius 3 is 2.50 bits per heavy atom. The smallest absolute Gasteiger partial charge is 0.0234 e. The summed E-state index contributed by atoms with van der Waals surface area (Å²) in [5.74, 6) is 1.01. The molecule has 0 aliphatic heterocycles. The van der Waals surface area contributed by atoms with Crippen molar-refractivity contribution in [1.29, 1.82) is 0 Å². The van der Waals surface area contributed by atoms with Crippen LogP contribution in [0.3, 0.4) is 0 Å². The monoisotopic (exact) mass is 218 g/mol. The quantitative estimate of drug-likeness (QED) is 0.760. The van der Waals surface area contributed by atoms with Crippen molar-refractivity contribution in [2.75, 3.05) is 19.6 Å². The van der Waals surface area contributed by atoms with E-state index in [2.05, 4.69) is 35.2 Å². The van der Waals surface area contributed by atoms with Crippen LogP contribution in [0.2, 0.25) is 0 Å². The van der Waals surface area contributed by atoms with Gasteiger partial charge >= 0.3 is 0 Å². The van der Waals surface area contributed by atoms with Crippen LogP contribution >= 0.6 is 0 Å². The molecule has 0 atom stereocenters. The molecule has 2 heteroatoms. The Balaban J connectivity index is 1.80. The first-order chi connectivity index (χ1) is 7.88. The summed E-state index contributed by atoms with van der Waals surface area (Å²) < 4.78 is 0. The van der Waals surface area contributed by atoms with Gasteiger partial charge in [-0.25, -0.2) is 0 Å². The minimum atomic E-state index is 0.761. The summed E-state index contributed by atoms with van der Waals surface area (Å²) in [4.78, 5) is 2.48. The molecule has 0 amide bonds. The first kappa shape index (κ1) is 11.6. The van der Waals surface area contributed by atoms with E-state index in [-0.39, 0.29) is 0 Å². The van der Waals surface area contributed by atoms with Crippen LogP contribution in [0.25, 0.3) is 0 Å². The molecule has 0 radical (unpaired) electrons. The summed E-state index contributed by atoms with van der Waals surface area (Å²) in [6.45, 7) is 4.03. The SMILES string of the molecule is NCCN(CCC1CC1)Cc1ccccc1. The number of hydrogen-bond acceptors (Lipinski definition) is 2. The Labute approximate surface area is 98.4 Å². The van der Waals surface area contributed by atoms with Gasteiger partial charge in [-0.05, 0) is 24.4 Å². The molecule has 1 aliphatic carbocycles. The molecule has 2 nitrogen and oxygen atoms in total. The highest BCUT2D eigenvalue weighted by Crippen LogP contribution is 2.32. The largest absolute Gasteiger partial charge is 0.329 e. The van der Waals surface area contributed by atoms with Crippen LogP contribution in [-0.2, 0) is 6.54 Å². The lowest BCUT2D eigenvalue weighted by Gasteiger charge is -2.21. The predicted octanol–water partition coefficient (Wildman–Crippen LogP) is 2.25. The van der Waals surface area contributed by atoms with Crippen LogP contribution < -0.4 is 5.73 Å². The molecule has 1 saturated carbocycles. The molecule has 1 aromatic rings. The molecule has 2 N–H and O–H groups in total. The summed E-state index contributed by atoms with van der Waals surface area (Å²) in [7, 11) is 0. The fourth-order valence-corrected chi connectivity index (χ4v) is 2.07. The minimum absolute atomic E-state index is 0.761. The molecule has 0 aromatic heterocycles. The molecule has 1 aliphatic rings. The Hall–Kier alpha value is -0.860. The average molecular weight is 218 g/mol. The lowest BCUT2D eigenvalue weighted by Crippen LogP contribution is -2.30. The zero-order valence-electron chi connectivity index (χ0n) is 9.94. The molecule has 0 unspecified atom stereocenters. The van der Waals surface area contributed by atoms with Crippen molar-refractivity contribution in [2.24, 2.45) is 11.7 Å². The number of benzene rings is 1. The average Bonchev–Trinajstić information content (AvgIpc) is 3.11. The summed E-state index contributed by atoms with van der Waals surface area (Å²) in [6.07, 6.45) is 4.25. The maximum Gasteiger partial charge on any atom is 0.0234 e. The van der Waals surface area contributed by atoms with E-state index in [4.69, 9.17) is 5.73 Å². The van der Waals surface area contributed by atoms with Crippen LogP contribution in [0.15, 0.2) is 30.3 Å². The maximum atomic E-state index is 5.66. The van der Waals surface area contributed by atoms with Gasteiger partial charge in [0, 0.05) is 19.6 Å². The van der Waals surface area contributed by atoms with Gasteiger partial charge in [0.2, 0.25) is 0 Å². The Morgan fingerprint density at radius 1 is 1.12 bits per heavy atom. The van der Waals surface area contributed by atoms with Crippen molar-refractivity contribution in [3.63, 3.8) is 0 Å². The topological polar surface area (TPSA) is 29.3 Å². The number of hydrogen-bond donors (Lipinski definition) is 1. The second-order valence-corrected chi connectivity index (χ2v) is 4.78. The van der Waals surface area contributed by atoms with E-state index < -0.39 is 0 Å². The molecular formula is C14H22N2. The maximum absolute atomic E-state index is 5.66. The van der Waals surface area contributed by atoms with E-state index in [1.165, 1.54) is 31.4 Å². The Kier molecular flexibility index (Phi) is 4.37. The van der Waals surface area contributed by atoms with Crippen molar-refractivity contribution in [1.82, 2.24) is 4.90 Å². The minimum Gasteiger partial charge on any atom is -0.329 e. The Morgan fingerprint density at radius 2 is 1.88 bits per heavy atom. The highest BCUT2D eigenvalue weighted by molar-refractivity contribution is 5.14. The van der Waals surface area contributed by atoms with Crippen LogP contribution in [-0.4, -0.2) is 24.5 Å². The van der Waals surface area contributed by atoms with Crippen molar-refractivity contribution < 1.29 is 0 Å². The van der Waals surface area contributed by atoms with Crippen molar-refractivity contribution in [2.45, 2.75) is 25.8 Å². The Bertz CT molecular complexity index is 293. The number of nitrogens with two attached hydrogens (primary N) is 1. The van der Waals surface area contributed by atoms with E-state index in [1.54, 1.807) is 0 Å². The lowest BCUT2D eigenvalue weighted by molar-refractivity contribution is 0.264. The van der Waals surface area contributed by atoms with Crippen molar-refractivity contribution in [3.05, 3.63) is 35.9 Å². The van der Waals surface area contributed by atoms with Crippen LogP contribution in [0.1, 0.15) is 24.8 Å². The molecule has 0 saturated heterocycles. The third kappa shape index (κ3) is 3.95. The first-order valence-corrected chi connectivity index (χ1v) is 6.35. The molecule has 0 spiro atoms. The third-order valence-electron chi connectivity index (χ3n) is 3.24. The standard InChI is InChI=1S/C14H22N2/c15-9-11-16(10-8-13-6-7-13)12-14-4-2-1-3-5-14/h1-5,13H,6-12,15H2. The van der Waals surface area contributed by atoms with E-state index in [9.17, 15) is 0 Å². The van der Waals surface area contributed by atoms with E-state index in [0.717, 1.165) is 25.6 Å². The summed E-state index contributed by atoms with van der Waals surface area (Å²) >= 11 is 0. The molecule has 2 rings (SSSR count). The number of rotatable bonds is 7. The van der Waals surface area contributed by atoms with Gasteiger partial charge in [0.15, 0.2) is 0 Å². The van der Waals surface area contributed by atoms with Crippen molar-refractivity contribution in [3.8, 4) is 0 Å². The highest BCUT2D eigenvalue weighted by atomic mass is 15.1. The van der Waals surface area contributed by atoms with Gasteiger partial charge in [-0.15, -0.1) is 0 Å². The molecule has 1 aromatic carbocycles. The second kappa shape index (κ2) is 6.02. The predicted molar refractivity (Wildman–Crippen MR) is 68.1 cm³/mol. The van der Waals surface area contributed by atoms with E-state index in [1.807, 2.05) is 0 Å². The van der Waals surface area contributed by atoms with E-state index >= 15 is 0 Å². The molecule has 0 heterocycles. The van der Waals surface area contributed by atoms with Gasteiger partial charge in [-0.1, -0.05) is 43.2 Å². The third-order valence-corrected chi connectivity index (χ3v) is 3.24. The van der Waals surface area contributed by atoms with Gasteiger partial charge in [0.05, 0.1) is 0 Å². The normalized spacial score (nSPS) is 15.6. The lowest BCUT2D eigenvalue weighted by atomic mass is 10.2. The second-order valence-electron chi connectivity index (χ2n) is 4.78.